The number of aryl methyl sites for hydroxylation is 2. The third kappa shape index (κ3) is 3.18. The summed E-state index contributed by atoms with van der Waals surface area (Å²) >= 11 is 0. The second-order valence-corrected chi connectivity index (χ2v) is 9.60. The maximum absolute atomic E-state index is 12.8. The molecule has 0 radical (unpaired) electrons. The van der Waals surface area contributed by atoms with E-state index in [0.717, 1.165) is 79.6 Å². The summed E-state index contributed by atoms with van der Waals surface area (Å²) in [6.07, 6.45) is 8.00. The Morgan fingerprint density at radius 3 is 2.88 bits per heavy atom. The van der Waals surface area contributed by atoms with E-state index in [2.05, 4.69) is 38.6 Å². The van der Waals surface area contributed by atoms with Crippen LogP contribution < -0.4 is 15.4 Å². The van der Waals surface area contributed by atoms with Crippen LogP contribution in [0.15, 0.2) is 41.5 Å². The van der Waals surface area contributed by atoms with Gasteiger partial charge in [-0.05, 0) is 49.4 Å². The Hall–Kier alpha value is -3.75. The van der Waals surface area contributed by atoms with Crippen molar-refractivity contribution in [3.63, 3.8) is 0 Å². The molecule has 0 saturated heterocycles. The van der Waals surface area contributed by atoms with Crippen LogP contribution in [0.3, 0.4) is 0 Å². The minimum Gasteiger partial charge on any atom is -0.350 e. The quantitative estimate of drug-likeness (QED) is 0.471. The number of aromatic nitrogens is 6. The number of hydrogen-bond acceptors (Lipinski definition) is 7. The topological polar surface area (TPSA) is 84.5 Å². The molecule has 6 heterocycles. The van der Waals surface area contributed by atoms with E-state index in [-0.39, 0.29) is 5.56 Å². The predicted molar refractivity (Wildman–Crippen MR) is 129 cm³/mol. The average molecular weight is 455 g/mol. The first-order valence-corrected chi connectivity index (χ1v) is 12.1. The van der Waals surface area contributed by atoms with E-state index < -0.39 is 0 Å². The lowest BCUT2D eigenvalue weighted by molar-refractivity contribution is 0.541. The highest BCUT2D eigenvalue weighted by atomic mass is 16.1. The van der Waals surface area contributed by atoms with Crippen LogP contribution in [0.25, 0.3) is 5.65 Å². The van der Waals surface area contributed by atoms with Crippen molar-refractivity contribution < 1.29 is 0 Å². The van der Waals surface area contributed by atoms with Crippen LogP contribution in [0.2, 0.25) is 0 Å². The van der Waals surface area contributed by atoms with Crippen LogP contribution >= 0.6 is 0 Å². The van der Waals surface area contributed by atoms with Crippen LogP contribution in [-0.4, -0.2) is 42.5 Å². The molecule has 4 aromatic heterocycles. The zero-order valence-corrected chi connectivity index (χ0v) is 19.2. The van der Waals surface area contributed by atoms with Crippen molar-refractivity contribution in [2.75, 3.05) is 22.9 Å². The molecule has 172 valence electrons. The van der Waals surface area contributed by atoms with Gasteiger partial charge in [0.15, 0.2) is 11.5 Å². The molecule has 34 heavy (non-hydrogen) atoms. The molecule has 0 amide bonds. The van der Waals surface area contributed by atoms with Crippen LogP contribution in [0.4, 0.5) is 17.3 Å². The van der Waals surface area contributed by atoms with E-state index in [9.17, 15) is 4.79 Å². The summed E-state index contributed by atoms with van der Waals surface area (Å²) in [7, 11) is 0. The van der Waals surface area contributed by atoms with E-state index in [1.165, 1.54) is 10.1 Å². The fourth-order valence-electron chi connectivity index (χ4n) is 5.26. The first-order valence-electron chi connectivity index (χ1n) is 12.1. The Bertz CT molecular complexity index is 1480. The van der Waals surface area contributed by atoms with Crippen molar-refractivity contribution >= 4 is 23.0 Å². The van der Waals surface area contributed by atoms with E-state index in [1.54, 1.807) is 6.07 Å². The summed E-state index contributed by atoms with van der Waals surface area (Å²) in [5.41, 5.74) is 5.91. The summed E-state index contributed by atoms with van der Waals surface area (Å²) in [5, 5.41) is 9.19. The summed E-state index contributed by atoms with van der Waals surface area (Å²) < 4.78 is 3.51. The van der Waals surface area contributed by atoms with Crippen molar-refractivity contribution in [2.45, 2.75) is 51.6 Å². The van der Waals surface area contributed by atoms with Gasteiger partial charge in [-0.3, -0.25) is 9.78 Å². The first kappa shape index (κ1) is 19.7. The van der Waals surface area contributed by atoms with Crippen molar-refractivity contribution in [3.8, 4) is 0 Å². The number of pyridine rings is 1. The number of hydrogen-bond donors (Lipinski definition) is 0. The van der Waals surface area contributed by atoms with Crippen LogP contribution in [0.1, 0.15) is 47.7 Å². The molecular formula is C25H26N8O. The summed E-state index contributed by atoms with van der Waals surface area (Å²) in [6, 6.07) is 7.97. The van der Waals surface area contributed by atoms with Gasteiger partial charge in [0.05, 0.1) is 23.8 Å². The largest absolute Gasteiger partial charge is 0.350 e. The van der Waals surface area contributed by atoms with Gasteiger partial charge in [-0.25, -0.2) is 9.67 Å². The standard InChI is InChI=1S/C25H26N8O/c1-16-11-22-28-21(17-3-4-17)13-24(34)33(22)29-25(16)30-10-6-20-18(15-30)12-19(14-26-20)31-8-2-9-32-23(31)5-7-27-32/h5,7,11-14,17H,2-4,6,8-10,15H2,1H3. The van der Waals surface area contributed by atoms with Crippen molar-refractivity contribution in [3.05, 3.63) is 69.5 Å². The molecule has 9 heteroatoms. The molecule has 0 bridgehead atoms. The van der Waals surface area contributed by atoms with E-state index in [4.69, 9.17) is 15.1 Å². The molecule has 0 N–H and O–H groups in total. The number of nitrogens with zero attached hydrogens (tertiary/aromatic N) is 8. The molecule has 1 fully saturated rings. The van der Waals surface area contributed by atoms with Crippen LogP contribution in [-0.2, 0) is 19.5 Å². The Labute approximate surface area is 196 Å². The second-order valence-electron chi connectivity index (χ2n) is 9.60. The minimum atomic E-state index is -0.101. The number of fused-ring (bicyclic) bond motifs is 3. The average Bonchev–Trinajstić information content (AvgIpc) is 3.59. The van der Waals surface area contributed by atoms with Gasteiger partial charge >= 0.3 is 0 Å². The maximum atomic E-state index is 12.8. The fourth-order valence-corrected chi connectivity index (χ4v) is 5.26. The molecule has 9 nitrogen and oxygen atoms in total. The Balaban J connectivity index is 1.23. The highest BCUT2D eigenvalue weighted by Crippen LogP contribution is 2.38. The van der Waals surface area contributed by atoms with Crippen LogP contribution in [0, 0.1) is 6.92 Å². The lowest BCUT2D eigenvalue weighted by atomic mass is 10.0. The molecule has 0 aromatic carbocycles. The van der Waals surface area contributed by atoms with Crippen molar-refractivity contribution in [1.82, 2.24) is 29.4 Å². The second kappa shape index (κ2) is 7.38. The van der Waals surface area contributed by atoms with Gasteiger partial charge in [0, 0.05) is 56.3 Å². The van der Waals surface area contributed by atoms with Crippen molar-refractivity contribution in [2.24, 2.45) is 0 Å². The molecular weight excluding hydrogens is 428 g/mol. The third-order valence-corrected chi connectivity index (χ3v) is 7.19. The Morgan fingerprint density at radius 2 is 2.00 bits per heavy atom. The van der Waals surface area contributed by atoms with E-state index >= 15 is 0 Å². The Morgan fingerprint density at radius 1 is 1.09 bits per heavy atom. The van der Waals surface area contributed by atoms with Gasteiger partial charge < -0.3 is 9.80 Å². The normalized spacial score (nSPS) is 17.7. The Kier molecular flexibility index (Phi) is 4.27. The molecule has 3 aliphatic rings. The first-order chi connectivity index (χ1) is 16.6. The molecule has 7 rings (SSSR count). The molecule has 1 aliphatic carbocycles. The minimum absolute atomic E-state index is 0.101. The van der Waals surface area contributed by atoms with Gasteiger partial charge in [-0.15, -0.1) is 5.10 Å². The monoisotopic (exact) mass is 454 g/mol. The maximum Gasteiger partial charge on any atom is 0.274 e. The van der Waals surface area contributed by atoms with Gasteiger partial charge in [-0.1, -0.05) is 0 Å². The van der Waals surface area contributed by atoms with Gasteiger partial charge in [0.1, 0.15) is 5.82 Å². The molecule has 0 spiro atoms. The number of rotatable bonds is 3. The van der Waals surface area contributed by atoms with E-state index in [0.29, 0.717) is 18.1 Å². The lowest BCUT2D eigenvalue weighted by Gasteiger charge is -2.33. The SMILES string of the molecule is Cc1cc2nc(C3CC3)cc(=O)n2nc1N1CCc2ncc(N3CCCn4nccc43)cc2C1. The smallest absolute Gasteiger partial charge is 0.274 e. The van der Waals surface area contributed by atoms with Gasteiger partial charge in [0.25, 0.3) is 5.56 Å². The number of anilines is 3. The fraction of sp³-hybridized carbons (Fsp3) is 0.400. The summed E-state index contributed by atoms with van der Waals surface area (Å²) in [4.78, 5) is 26.9. The molecule has 0 unspecified atom stereocenters. The van der Waals surface area contributed by atoms with Crippen LogP contribution in [0.5, 0.6) is 0 Å². The van der Waals surface area contributed by atoms with Gasteiger partial charge in [0.2, 0.25) is 0 Å². The summed E-state index contributed by atoms with van der Waals surface area (Å²) in [5.74, 6) is 2.39. The lowest BCUT2D eigenvalue weighted by Crippen LogP contribution is -2.34. The highest BCUT2D eigenvalue weighted by molar-refractivity contribution is 5.62. The predicted octanol–water partition coefficient (Wildman–Crippen LogP) is 2.97. The van der Waals surface area contributed by atoms with E-state index in [1.807, 2.05) is 18.5 Å². The highest BCUT2D eigenvalue weighted by Gasteiger charge is 2.27. The van der Waals surface area contributed by atoms with Gasteiger partial charge in [-0.2, -0.15) is 9.61 Å². The zero-order chi connectivity index (χ0) is 22.8. The third-order valence-electron chi connectivity index (χ3n) is 7.19. The van der Waals surface area contributed by atoms with Crippen molar-refractivity contribution in [1.29, 1.82) is 0 Å². The molecule has 1 saturated carbocycles. The molecule has 2 aliphatic heterocycles. The summed E-state index contributed by atoms with van der Waals surface area (Å²) in [6.45, 7) is 5.49. The molecule has 4 aromatic rings. The molecule has 0 atom stereocenters. The zero-order valence-electron chi connectivity index (χ0n) is 19.2.